The highest BCUT2D eigenvalue weighted by molar-refractivity contribution is 7.86. The van der Waals surface area contributed by atoms with Crippen LogP contribution in [0.25, 0.3) is 0 Å². The van der Waals surface area contributed by atoms with Crippen molar-refractivity contribution in [2.75, 3.05) is 0 Å². The van der Waals surface area contributed by atoms with E-state index < -0.39 is 63.4 Å². The first-order valence-corrected chi connectivity index (χ1v) is 7.86. The monoisotopic (exact) mass is 565 g/mol. The Bertz CT molecular complexity index is 840. The second-order valence-electron chi connectivity index (χ2n) is 5.48. The zero-order chi connectivity index (χ0) is 27.7. The fourth-order valence-corrected chi connectivity index (χ4v) is 1.96. The molecule has 0 aromatic rings. The van der Waals surface area contributed by atoms with Crippen LogP contribution in [0.2, 0.25) is 0 Å². The minimum absolute atomic E-state index is 1.02. The Morgan fingerprint density at radius 3 is 0.939 bits per heavy atom. The second kappa shape index (κ2) is 7.52. The van der Waals surface area contributed by atoms with Gasteiger partial charge in [-0.1, -0.05) is 0 Å². The topological polar surface area (TPSA) is 66.4 Å². The van der Waals surface area contributed by atoms with Crippen molar-refractivity contribution in [2.24, 2.45) is 0 Å². The summed E-state index contributed by atoms with van der Waals surface area (Å²) < 4.78 is 274. The van der Waals surface area contributed by atoms with E-state index in [9.17, 15) is 96.4 Å². The molecule has 0 radical (unpaired) electrons. The van der Waals surface area contributed by atoms with Gasteiger partial charge in [-0.15, -0.1) is 13.2 Å². The van der Waals surface area contributed by atoms with Gasteiger partial charge in [-0.25, -0.2) is 13.2 Å². The van der Waals surface area contributed by atoms with E-state index in [1.807, 2.05) is 0 Å². The lowest BCUT2D eigenvalue weighted by atomic mass is 9.91. The van der Waals surface area contributed by atoms with Gasteiger partial charge in [-0.3, -0.25) is 0 Å². The summed E-state index contributed by atoms with van der Waals surface area (Å²) in [5.41, 5.74) is 0. The Balaban J connectivity index is 6.95. The van der Waals surface area contributed by atoms with E-state index in [1.54, 1.807) is 0 Å². The molecule has 33 heavy (non-hydrogen) atoms. The van der Waals surface area contributed by atoms with E-state index in [0.29, 0.717) is 0 Å². The van der Waals surface area contributed by atoms with Gasteiger partial charge in [0.05, 0.1) is 0 Å². The highest BCUT2D eigenvalue weighted by Gasteiger charge is 2.96. The number of hydrogen-bond donors (Lipinski definition) is 0. The van der Waals surface area contributed by atoms with Crippen molar-refractivity contribution < 1.29 is 101 Å². The SMILES string of the molecule is O=S(=O)([O-])C(F)(F)C(F)(F)C(F)(F)C(F)(F)C(F)(F)C(F)(F)C(F)(F)C(F)(F)OC(F)(F)F. The molecule has 0 saturated carbocycles. The zero-order valence-corrected chi connectivity index (χ0v) is 14.5. The average Bonchev–Trinajstić information content (AvgIpc) is 2.49. The summed E-state index contributed by atoms with van der Waals surface area (Å²) >= 11 is 0. The Kier molecular flexibility index (Phi) is 7.18. The van der Waals surface area contributed by atoms with Gasteiger partial charge in [0.15, 0.2) is 10.1 Å². The maximum atomic E-state index is 13.2. The Morgan fingerprint density at radius 2 is 0.697 bits per heavy atom. The number of hydrogen-bond acceptors (Lipinski definition) is 4. The maximum absolute atomic E-state index is 13.2. The average molecular weight is 565 g/mol. The van der Waals surface area contributed by atoms with Crippen LogP contribution in [0.1, 0.15) is 0 Å². The molecule has 0 atom stereocenters. The van der Waals surface area contributed by atoms with Crippen molar-refractivity contribution in [3.8, 4) is 0 Å². The summed E-state index contributed by atoms with van der Waals surface area (Å²) in [4.78, 5) is 0. The van der Waals surface area contributed by atoms with Gasteiger partial charge in [0.2, 0.25) is 0 Å². The molecule has 200 valence electrons. The summed E-state index contributed by atoms with van der Waals surface area (Å²) in [5, 5.41) is -8.07. The van der Waals surface area contributed by atoms with Crippen LogP contribution in [0.5, 0.6) is 0 Å². The van der Waals surface area contributed by atoms with Crippen LogP contribution in [0.4, 0.5) is 83.4 Å². The Labute approximate surface area is 166 Å². The van der Waals surface area contributed by atoms with E-state index >= 15 is 0 Å². The summed E-state index contributed by atoms with van der Waals surface area (Å²) in [6.07, 6.45) is -15.2. The molecule has 0 aliphatic heterocycles. The molecule has 0 fully saturated rings. The first kappa shape index (κ1) is 31.5. The van der Waals surface area contributed by atoms with Crippen molar-refractivity contribution in [3.05, 3.63) is 0 Å². The van der Waals surface area contributed by atoms with E-state index in [2.05, 4.69) is 0 Å². The molecule has 0 aromatic carbocycles. The van der Waals surface area contributed by atoms with Gasteiger partial charge in [0.1, 0.15) is 0 Å². The van der Waals surface area contributed by atoms with Crippen LogP contribution in [0, 0.1) is 0 Å². The lowest BCUT2D eigenvalue weighted by Gasteiger charge is -2.43. The van der Waals surface area contributed by atoms with Crippen molar-refractivity contribution in [1.82, 2.24) is 0 Å². The highest BCUT2D eigenvalue weighted by Crippen LogP contribution is 2.64. The van der Waals surface area contributed by atoms with E-state index in [0.717, 1.165) is 4.74 Å². The lowest BCUT2D eigenvalue weighted by Crippen LogP contribution is -2.75. The second-order valence-corrected chi connectivity index (χ2v) is 6.90. The molecule has 0 aliphatic carbocycles. The summed E-state index contributed by atoms with van der Waals surface area (Å²) in [7, 11) is -8.25. The highest BCUT2D eigenvalue weighted by atomic mass is 32.2. The first-order valence-electron chi connectivity index (χ1n) is 6.45. The number of alkyl halides is 19. The van der Waals surface area contributed by atoms with Crippen molar-refractivity contribution in [3.63, 3.8) is 0 Å². The van der Waals surface area contributed by atoms with Gasteiger partial charge in [0.25, 0.3) is 0 Å². The number of rotatable bonds is 9. The Hall–Kier alpha value is -1.46. The van der Waals surface area contributed by atoms with Gasteiger partial charge >= 0.3 is 53.3 Å². The zero-order valence-electron chi connectivity index (χ0n) is 13.7. The molecule has 0 bridgehead atoms. The molecule has 0 heterocycles. The molecule has 0 saturated heterocycles. The molecule has 24 heteroatoms. The van der Waals surface area contributed by atoms with Crippen molar-refractivity contribution in [2.45, 2.75) is 53.3 Å². The van der Waals surface area contributed by atoms with Gasteiger partial charge < -0.3 is 4.55 Å². The van der Waals surface area contributed by atoms with E-state index in [-0.39, 0.29) is 0 Å². The van der Waals surface area contributed by atoms with Crippen LogP contribution < -0.4 is 0 Å². The molecule has 0 aliphatic rings. The predicted molar refractivity (Wildman–Crippen MR) is 56.4 cm³/mol. The lowest BCUT2D eigenvalue weighted by molar-refractivity contribution is -0.509. The fourth-order valence-electron chi connectivity index (χ4n) is 1.52. The van der Waals surface area contributed by atoms with Crippen LogP contribution in [-0.2, 0) is 14.9 Å². The molecule has 4 nitrogen and oxygen atoms in total. The van der Waals surface area contributed by atoms with E-state index in [1.165, 1.54) is 0 Å². The third-order valence-corrected chi connectivity index (χ3v) is 4.14. The molecule has 0 rings (SSSR count). The minimum atomic E-state index is -9.11. The van der Waals surface area contributed by atoms with Gasteiger partial charge in [0, 0.05) is 0 Å². The largest absolute Gasteiger partial charge is 0.743 e. The summed E-state index contributed by atoms with van der Waals surface area (Å²) in [6, 6.07) is 0. The van der Waals surface area contributed by atoms with Gasteiger partial charge in [-0.2, -0.15) is 70.2 Å². The number of ether oxygens (including phenoxy) is 1. The minimum Gasteiger partial charge on any atom is -0.743 e. The van der Waals surface area contributed by atoms with Crippen LogP contribution in [0.3, 0.4) is 0 Å². The van der Waals surface area contributed by atoms with Gasteiger partial charge in [-0.05, 0) is 0 Å². The molecule has 0 amide bonds. The quantitative estimate of drug-likeness (QED) is 0.290. The molecule has 0 unspecified atom stereocenters. The van der Waals surface area contributed by atoms with Crippen molar-refractivity contribution in [1.29, 1.82) is 0 Å². The van der Waals surface area contributed by atoms with Crippen LogP contribution in [0.15, 0.2) is 0 Å². The first-order chi connectivity index (χ1) is 13.7. The third-order valence-electron chi connectivity index (χ3n) is 3.26. The predicted octanol–water partition coefficient (Wildman–Crippen LogP) is 5.07. The van der Waals surface area contributed by atoms with E-state index in [4.69, 9.17) is 0 Å². The van der Waals surface area contributed by atoms with Crippen molar-refractivity contribution >= 4 is 10.1 Å². The summed E-state index contributed by atoms with van der Waals surface area (Å²) in [6.45, 7) is 0. The standard InChI is InChI=1S/C9HF19O4S/c10-1(11,3(14,15)5(18,19)7(22,23)32-9(26,27)28)2(12,13)4(16,17)6(20,21)8(24,25)33(29,30)31/h(H,29,30,31)/p-1. The normalized spacial score (nSPS) is 16.8. The molecular weight excluding hydrogens is 565 g/mol. The molecule has 0 aromatic heterocycles. The maximum Gasteiger partial charge on any atom is 0.527 e. The third kappa shape index (κ3) is 4.25. The Morgan fingerprint density at radius 1 is 0.455 bits per heavy atom. The molecule has 0 spiro atoms. The smallest absolute Gasteiger partial charge is 0.527 e. The summed E-state index contributed by atoms with van der Waals surface area (Å²) in [5.74, 6) is -53.4. The van der Waals surface area contributed by atoms with Crippen LogP contribution >= 0.6 is 0 Å². The molecular formula is C9F19O4S-. The number of halogens is 19. The molecule has 0 N–H and O–H groups in total. The fraction of sp³-hybridized carbons (Fsp3) is 1.00. The van der Waals surface area contributed by atoms with Crippen LogP contribution in [-0.4, -0.2) is 66.2 Å².